The third kappa shape index (κ3) is 2.85. The fourth-order valence-corrected chi connectivity index (χ4v) is 3.33. The van der Waals surface area contributed by atoms with Crippen molar-refractivity contribution < 1.29 is 4.79 Å². The van der Waals surface area contributed by atoms with Crippen LogP contribution in [0, 0.1) is 5.92 Å². The molecule has 0 aromatic rings. The van der Waals surface area contributed by atoms with Crippen molar-refractivity contribution in [1.29, 1.82) is 0 Å². The van der Waals surface area contributed by atoms with E-state index >= 15 is 0 Å². The first-order valence-corrected chi connectivity index (χ1v) is 6.94. The molecular formula is C14H25NO. The topological polar surface area (TPSA) is 20.3 Å². The monoisotopic (exact) mass is 223 g/mol. The van der Waals surface area contributed by atoms with Gasteiger partial charge in [0.05, 0.1) is 0 Å². The van der Waals surface area contributed by atoms with Gasteiger partial charge < -0.3 is 0 Å². The summed E-state index contributed by atoms with van der Waals surface area (Å²) in [5.41, 5.74) is 0. The second kappa shape index (κ2) is 5.31. The summed E-state index contributed by atoms with van der Waals surface area (Å²) >= 11 is 0. The van der Waals surface area contributed by atoms with Crippen molar-refractivity contribution in [1.82, 2.24) is 4.90 Å². The molecule has 0 aliphatic heterocycles. The first-order valence-electron chi connectivity index (χ1n) is 6.94. The van der Waals surface area contributed by atoms with Gasteiger partial charge in [-0.25, -0.2) is 0 Å². The number of Topliss-reactive ketones (excluding diaryl/α,β-unsaturated/α-hetero) is 1. The summed E-state index contributed by atoms with van der Waals surface area (Å²) in [5, 5.41) is 0. The first-order chi connectivity index (χ1) is 7.66. The van der Waals surface area contributed by atoms with E-state index in [1.54, 1.807) is 0 Å². The van der Waals surface area contributed by atoms with Gasteiger partial charge in [-0.3, -0.25) is 9.69 Å². The molecule has 0 N–H and O–H groups in total. The molecule has 0 aromatic heterocycles. The van der Waals surface area contributed by atoms with Crippen LogP contribution in [-0.4, -0.2) is 29.3 Å². The minimum atomic E-state index is 0.483. The van der Waals surface area contributed by atoms with E-state index in [0.717, 1.165) is 31.2 Å². The lowest BCUT2D eigenvalue weighted by atomic mass is 10.1. The molecule has 2 saturated carbocycles. The van der Waals surface area contributed by atoms with Gasteiger partial charge in [0, 0.05) is 31.5 Å². The Morgan fingerprint density at radius 1 is 1.19 bits per heavy atom. The van der Waals surface area contributed by atoms with Gasteiger partial charge >= 0.3 is 0 Å². The van der Waals surface area contributed by atoms with Crippen LogP contribution in [0.15, 0.2) is 0 Å². The normalized spacial score (nSPS) is 27.5. The van der Waals surface area contributed by atoms with Crippen molar-refractivity contribution >= 4 is 5.78 Å². The zero-order valence-corrected chi connectivity index (χ0v) is 10.7. The second-order valence-corrected chi connectivity index (χ2v) is 5.96. The largest absolute Gasteiger partial charge is 0.300 e. The molecule has 1 atom stereocenters. The molecule has 0 spiro atoms. The SMILES string of the molecule is CC(C)CN(C1CCCC1)C1CCC(=O)C1. The maximum atomic E-state index is 11.4. The Morgan fingerprint density at radius 2 is 1.88 bits per heavy atom. The van der Waals surface area contributed by atoms with Gasteiger partial charge in [-0.05, 0) is 25.2 Å². The Kier molecular flexibility index (Phi) is 4.01. The van der Waals surface area contributed by atoms with E-state index in [0.29, 0.717) is 11.8 Å². The lowest BCUT2D eigenvalue weighted by Gasteiger charge is -2.35. The number of hydrogen-bond acceptors (Lipinski definition) is 2. The predicted octanol–water partition coefficient (Wildman–Crippen LogP) is 3.01. The summed E-state index contributed by atoms with van der Waals surface area (Å²) < 4.78 is 0. The minimum Gasteiger partial charge on any atom is -0.300 e. The molecular weight excluding hydrogens is 198 g/mol. The quantitative estimate of drug-likeness (QED) is 0.730. The lowest BCUT2D eigenvalue weighted by molar-refractivity contribution is -0.117. The van der Waals surface area contributed by atoms with Gasteiger partial charge in [0.1, 0.15) is 5.78 Å². The van der Waals surface area contributed by atoms with Crippen LogP contribution in [0.1, 0.15) is 58.8 Å². The highest BCUT2D eigenvalue weighted by molar-refractivity contribution is 5.81. The molecule has 0 heterocycles. The highest BCUT2D eigenvalue weighted by Crippen LogP contribution is 2.30. The number of rotatable bonds is 4. The van der Waals surface area contributed by atoms with Crippen molar-refractivity contribution in [2.24, 2.45) is 5.92 Å². The van der Waals surface area contributed by atoms with Gasteiger partial charge in [0.15, 0.2) is 0 Å². The molecule has 2 rings (SSSR count). The summed E-state index contributed by atoms with van der Waals surface area (Å²) in [5.74, 6) is 1.20. The molecule has 2 fully saturated rings. The Morgan fingerprint density at radius 3 is 2.38 bits per heavy atom. The van der Waals surface area contributed by atoms with Gasteiger partial charge in [0.2, 0.25) is 0 Å². The number of carbonyl (C=O) groups is 1. The van der Waals surface area contributed by atoms with E-state index < -0.39 is 0 Å². The Bertz CT molecular complexity index is 243. The number of hydrogen-bond donors (Lipinski definition) is 0. The van der Waals surface area contributed by atoms with Crippen LogP contribution in [-0.2, 0) is 4.79 Å². The van der Waals surface area contributed by atoms with E-state index in [-0.39, 0.29) is 0 Å². The van der Waals surface area contributed by atoms with Crippen LogP contribution in [0.2, 0.25) is 0 Å². The smallest absolute Gasteiger partial charge is 0.134 e. The molecule has 2 heteroatoms. The third-order valence-corrected chi connectivity index (χ3v) is 4.06. The Balaban J connectivity index is 1.98. The molecule has 0 saturated heterocycles. The maximum Gasteiger partial charge on any atom is 0.134 e. The van der Waals surface area contributed by atoms with Gasteiger partial charge in [-0.15, -0.1) is 0 Å². The van der Waals surface area contributed by atoms with Crippen LogP contribution in [0.25, 0.3) is 0 Å². The molecule has 0 aromatic carbocycles. The summed E-state index contributed by atoms with van der Waals surface area (Å²) in [7, 11) is 0. The van der Waals surface area contributed by atoms with E-state index in [2.05, 4.69) is 18.7 Å². The fraction of sp³-hybridized carbons (Fsp3) is 0.929. The van der Waals surface area contributed by atoms with Crippen molar-refractivity contribution in [2.45, 2.75) is 70.9 Å². The van der Waals surface area contributed by atoms with Crippen LogP contribution < -0.4 is 0 Å². The van der Waals surface area contributed by atoms with E-state index in [1.807, 2.05) is 0 Å². The fourth-order valence-electron chi connectivity index (χ4n) is 3.33. The molecule has 2 aliphatic carbocycles. The summed E-state index contributed by atoms with van der Waals surface area (Å²) in [6.45, 7) is 5.76. The second-order valence-electron chi connectivity index (χ2n) is 5.96. The van der Waals surface area contributed by atoms with Crippen LogP contribution in [0.3, 0.4) is 0 Å². The molecule has 1 unspecified atom stereocenters. The summed E-state index contributed by atoms with van der Waals surface area (Å²) in [4.78, 5) is 14.1. The highest BCUT2D eigenvalue weighted by Gasteiger charge is 2.33. The molecule has 16 heavy (non-hydrogen) atoms. The lowest BCUT2D eigenvalue weighted by Crippen LogP contribution is -2.43. The number of carbonyl (C=O) groups excluding carboxylic acids is 1. The standard InChI is InChI=1S/C14H25NO/c1-11(2)10-15(12-5-3-4-6-12)13-7-8-14(16)9-13/h11-13H,3-10H2,1-2H3. The minimum absolute atomic E-state index is 0.483. The molecule has 0 amide bonds. The van der Waals surface area contributed by atoms with Crippen LogP contribution in [0.5, 0.6) is 0 Å². The Labute approximate surface area is 99.4 Å². The van der Waals surface area contributed by atoms with Crippen molar-refractivity contribution in [3.63, 3.8) is 0 Å². The van der Waals surface area contributed by atoms with E-state index in [9.17, 15) is 4.79 Å². The van der Waals surface area contributed by atoms with E-state index in [1.165, 1.54) is 32.2 Å². The average molecular weight is 223 g/mol. The number of ketones is 1. The van der Waals surface area contributed by atoms with E-state index in [4.69, 9.17) is 0 Å². The number of nitrogens with zero attached hydrogens (tertiary/aromatic N) is 1. The summed E-state index contributed by atoms with van der Waals surface area (Å²) in [6, 6.07) is 1.34. The average Bonchev–Trinajstić information content (AvgIpc) is 2.84. The van der Waals surface area contributed by atoms with Crippen LogP contribution >= 0.6 is 0 Å². The summed E-state index contributed by atoms with van der Waals surface area (Å²) in [6.07, 6.45) is 8.26. The Hall–Kier alpha value is -0.370. The van der Waals surface area contributed by atoms with Crippen molar-refractivity contribution in [3.8, 4) is 0 Å². The van der Waals surface area contributed by atoms with Gasteiger partial charge in [0.25, 0.3) is 0 Å². The first kappa shape index (κ1) is 12.1. The predicted molar refractivity (Wildman–Crippen MR) is 66.4 cm³/mol. The highest BCUT2D eigenvalue weighted by atomic mass is 16.1. The van der Waals surface area contributed by atoms with Gasteiger partial charge in [-0.1, -0.05) is 26.7 Å². The molecule has 2 nitrogen and oxygen atoms in total. The molecule has 2 aliphatic rings. The molecule has 0 bridgehead atoms. The van der Waals surface area contributed by atoms with Crippen LogP contribution in [0.4, 0.5) is 0 Å². The molecule has 92 valence electrons. The molecule has 0 radical (unpaired) electrons. The van der Waals surface area contributed by atoms with Crippen molar-refractivity contribution in [2.75, 3.05) is 6.54 Å². The zero-order chi connectivity index (χ0) is 11.5. The zero-order valence-electron chi connectivity index (χ0n) is 10.7. The maximum absolute atomic E-state index is 11.4. The third-order valence-electron chi connectivity index (χ3n) is 4.06. The van der Waals surface area contributed by atoms with Gasteiger partial charge in [-0.2, -0.15) is 0 Å². The van der Waals surface area contributed by atoms with Crippen molar-refractivity contribution in [3.05, 3.63) is 0 Å².